The minimum atomic E-state index is 0.150. The van der Waals surface area contributed by atoms with Gasteiger partial charge in [0.05, 0.1) is 17.4 Å². The number of amides is 1. The van der Waals surface area contributed by atoms with Crippen molar-refractivity contribution in [3.8, 4) is 0 Å². The zero-order valence-electron chi connectivity index (χ0n) is 12.0. The molecule has 0 spiro atoms. The zero-order valence-corrected chi connectivity index (χ0v) is 13.6. The third kappa shape index (κ3) is 4.19. The van der Waals surface area contributed by atoms with E-state index in [0.717, 1.165) is 28.6 Å². The molecule has 2 heterocycles. The van der Waals surface area contributed by atoms with Gasteiger partial charge in [0, 0.05) is 30.6 Å². The fourth-order valence-corrected chi connectivity index (χ4v) is 3.69. The Bertz CT molecular complexity index is 465. The fourth-order valence-electron chi connectivity index (χ4n) is 2.55. The number of hydrogen-bond acceptors (Lipinski definition) is 4. The summed E-state index contributed by atoms with van der Waals surface area (Å²) >= 11 is 7.43. The van der Waals surface area contributed by atoms with Crippen LogP contribution in [-0.4, -0.2) is 47.9 Å². The smallest absolute Gasteiger partial charge is 0.236 e. The summed E-state index contributed by atoms with van der Waals surface area (Å²) in [5.41, 5.74) is 5.95. The molecule has 0 saturated carbocycles. The molecule has 1 aromatic heterocycles. The first-order valence-electron chi connectivity index (χ1n) is 6.93. The van der Waals surface area contributed by atoms with E-state index in [-0.39, 0.29) is 11.9 Å². The van der Waals surface area contributed by atoms with Gasteiger partial charge in [0.15, 0.2) is 0 Å². The zero-order chi connectivity index (χ0) is 14.7. The van der Waals surface area contributed by atoms with E-state index in [2.05, 4.69) is 11.8 Å². The summed E-state index contributed by atoms with van der Waals surface area (Å²) in [4.78, 5) is 17.4. The lowest BCUT2D eigenvalue weighted by Crippen LogP contribution is -2.49. The van der Waals surface area contributed by atoms with Crippen LogP contribution in [-0.2, 0) is 11.3 Å². The Balaban J connectivity index is 1.84. The van der Waals surface area contributed by atoms with Crippen molar-refractivity contribution in [2.75, 3.05) is 20.1 Å². The van der Waals surface area contributed by atoms with Gasteiger partial charge in [-0.05, 0) is 31.9 Å². The van der Waals surface area contributed by atoms with Gasteiger partial charge in [-0.15, -0.1) is 11.3 Å². The normalized spacial score (nSPS) is 23.8. The maximum Gasteiger partial charge on any atom is 0.236 e. The molecule has 20 heavy (non-hydrogen) atoms. The summed E-state index contributed by atoms with van der Waals surface area (Å²) in [5, 5.41) is 0. The van der Waals surface area contributed by atoms with Crippen molar-refractivity contribution in [1.82, 2.24) is 9.80 Å². The van der Waals surface area contributed by atoms with Crippen molar-refractivity contribution in [3.05, 3.63) is 21.3 Å². The van der Waals surface area contributed by atoms with E-state index < -0.39 is 0 Å². The van der Waals surface area contributed by atoms with E-state index in [1.807, 2.05) is 19.2 Å². The lowest BCUT2D eigenvalue weighted by Gasteiger charge is -2.36. The third-order valence-electron chi connectivity index (χ3n) is 3.84. The fraction of sp³-hybridized carbons (Fsp3) is 0.643. The van der Waals surface area contributed by atoms with E-state index in [1.165, 1.54) is 11.3 Å². The molecule has 1 fully saturated rings. The van der Waals surface area contributed by atoms with E-state index in [0.29, 0.717) is 19.1 Å². The summed E-state index contributed by atoms with van der Waals surface area (Å²) < 4.78 is 0.763. The van der Waals surface area contributed by atoms with Crippen LogP contribution in [0.1, 0.15) is 24.6 Å². The number of hydrogen-bond donors (Lipinski definition) is 1. The Hall–Kier alpha value is -0.620. The average molecular weight is 316 g/mol. The highest BCUT2D eigenvalue weighted by Crippen LogP contribution is 2.22. The van der Waals surface area contributed by atoms with Crippen LogP contribution in [0.25, 0.3) is 0 Å². The summed E-state index contributed by atoms with van der Waals surface area (Å²) in [6.45, 7) is 4.15. The highest BCUT2D eigenvalue weighted by molar-refractivity contribution is 7.16. The van der Waals surface area contributed by atoms with Gasteiger partial charge in [0.2, 0.25) is 5.91 Å². The third-order valence-corrected chi connectivity index (χ3v) is 5.06. The molecule has 4 nitrogen and oxygen atoms in total. The monoisotopic (exact) mass is 315 g/mol. The number of nitrogens with zero attached hydrogens (tertiary/aromatic N) is 2. The number of carbonyl (C=O) groups excluding carboxylic acids is 1. The van der Waals surface area contributed by atoms with Crippen LogP contribution < -0.4 is 5.73 Å². The summed E-state index contributed by atoms with van der Waals surface area (Å²) in [6.07, 6.45) is 1.94. The highest BCUT2D eigenvalue weighted by atomic mass is 35.5. The molecule has 1 aromatic rings. The van der Waals surface area contributed by atoms with Gasteiger partial charge in [-0.25, -0.2) is 0 Å². The molecule has 2 unspecified atom stereocenters. The largest absolute Gasteiger partial charge is 0.340 e. The molecule has 0 radical (unpaired) electrons. The summed E-state index contributed by atoms with van der Waals surface area (Å²) in [7, 11) is 1.84. The number of thiophene rings is 1. The minimum absolute atomic E-state index is 0.150. The minimum Gasteiger partial charge on any atom is -0.340 e. The predicted molar refractivity (Wildman–Crippen MR) is 84.0 cm³/mol. The molecule has 1 aliphatic rings. The maximum atomic E-state index is 12.3. The van der Waals surface area contributed by atoms with E-state index in [4.69, 9.17) is 17.3 Å². The second-order valence-electron chi connectivity index (χ2n) is 5.56. The number of rotatable bonds is 4. The van der Waals surface area contributed by atoms with Crippen LogP contribution in [0.2, 0.25) is 4.34 Å². The van der Waals surface area contributed by atoms with Crippen LogP contribution in [0, 0.1) is 0 Å². The van der Waals surface area contributed by atoms with E-state index >= 15 is 0 Å². The number of likely N-dealkylation sites (tertiary alicyclic amines) is 1. The Morgan fingerprint density at radius 1 is 1.60 bits per heavy atom. The van der Waals surface area contributed by atoms with Gasteiger partial charge in [0.25, 0.3) is 0 Å². The van der Waals surface area contributed by atoms with Gasteiger partial charge in [-0.3, -0.25) is 9.69 Å². The first-order chi connectivity index (χ1) is 9.45. The predicted octanol–water partition coefficient (Wildman–Crippen LogP) is 2.17. The van der Waals surface area contributed by atoms with Crippen molar-refractivity contribution in [3.63, 3.8) is 0 Å². The lowest BCUT2D eigenvalue weighted by molar-refractivity contribution is -0.132. The van der Waals surface area contributed by atoms with Crippen molar-refractivity contribution in [2.24, 2.45) is 5.73 Å². The molecule has 112 valence electrons. The molecule has 0 bridgehead atoms. The van der Waals surface area contributed by atoms with E-state index in [1.54, 1.807) is 4.90 Å². The summed E-state index contributed by atoms with van der Waals surface area (Å²) in [5.74, 6) is 0.150. The van der Waals surface area contributed by atoms with Crippen LogP contribution in [0.3, 0.4) is 0 Å². The number of piperidine rings is 1. The van der Waals surface area contributed by atoms with Gasteiger partial charge < -0.3 is 10.6 Å². The number of carbonyl (C=O) groups is 1. The molecule has 1 amide bonds. The molecule has 1 saturated heterocycles. The first-order valence-corrected chi connectivity index (χ1v) is 8.13. The van der Waals surface area contributed by atoms with Crippen LogP contribution in [0.5, 0.6) is 0 Å². The van der Waals surface area contributed by atoms with Crippen molar-refractivity contribution < 1.29 is 4.79 Å². The van der Waals surface area contributed by atoms with Gasteiger partial charge in [-0.1, -0.05) is 11.6 Å². The Labute approximate surface area is 129 Å². The SMILES string of the molecule is CC1CC(N)CCN1CC(=O)N(C)Cc1ccc(Cl)s1. The molecule has 2 rings (SSSR count). The maximum absolute atomic E-state index is 12.3. The second-order valence-corrected chi connectivity index (χ2v) is 7.36. The number of likely N-dealkylation sites (N-methyl/N-ethyl adjacent to an activating group) is 1. The summed E-state index contributed by atoms with van der Waals surface area (Å²) in [6, 6.07) is 4.50. The molecule has 6 heteroatoms. The molecule has 2 N–H and O–H groups in total. The average Bonchev–Trinajstić information content (AvgIpc) is 2.78. The standard InChI is InChI=1S/C14H22ClN3OS/c1-10-7-11(16)5-6-18(10)9-14(19)17(2)8-12-3-4-13(15)20-12/h3-4,10-11H,5-9,16H2,1-2H3. The quantitative estimate of drug-likeness (QED) is 0.926. The van der Waals surface area contributed by atoms with Crippen molar-refractivity contribution in [1.29, 1.82) is 0 Å². The Morgan fingerprint density at radius 2 is 2.35 bits per heavy atom. The first kappa shape index (κ1) is 15.8. The number of nitrogens with two attached hydrogens (primary N) is 1. The molecule has 2 atom stereocenters. The molecule has 0 aromatic carbocycles. The molecule has 0 aliphatic carbocycles. The molecular weight excluding hydrogens is 294 g/mol. The molecule has 1 aliphatic heterocycles. The van der Waals surface area contributed by atoms with Gasteiger partial charge >= 0.3 is 0 Å². The van der Waals surface area contributed by atoms with Crippen LogP contribution in [0.15, 0.2) is 12.1 Å². The lowest BCUT2D eigenvalue weighted by atomic mass is 9.99. The van der Waals surface area contributed by atoms with Crippen molar-refractivity contribution in [2.45, 2.75) is 38.4 Å². The van der Waals surface area contributed by atoms with Crippen molar-refractivity contribution >= 4 is 28.8 Å². The Kier molecular flexibility index (Phi) is 5.43. The van der Waals surface area contributed by atoms with Gasteiger partial charge in [0.1, 0.15) is 0 Å². The van der Waals surface area contributed by atoms with E-state index in [9.17, 15) is 4.79 Å². The molecular formula is C14H22ClN3OS. The second kappa shape index (κ2) is 6.89. The van der Waals surface area contributed by atoms with Crippen LogP contribution >= 0.6 is 22.9 Å². The van der Waals surface area contributed by atoms with Crippen LogP contribution in [0.4, 0.5) is 0 Å². The Morgan fingerprint density at radius 3 is 2.95 bits per heavy atom. The topological polar surface area (TPSA) is 49.6 Å². The highest BCUT2D eigenvalue weighted by Gasteiger charge is 2.25. The number of halogens is 1. The van der Waals surface area contributed by atoms with Gasteiger partial charge in [-0.2, -0.15) is 0 Å².